The third-order valence-corrected chi connectivity index (χ3v) is 6.42. The van der Waals surface area contributed by atoms with Crippen LogP contribution in [-0.2, 0) is 20.9 Å². The second kappa shape index (κ2) is 9.44. The van der Waals surface area contributed by atoms with Gasteiger partial charge < -0.3 is 15.2 Å². The molecule has 6 nitrogen and oxygen atoms in total. The third-order valence-electron chi connectivity index (χ3n) is 5.69. The predicted molar refractivity (Wildman–Crippen MR) is 100 cm³/mol. The van der Waals surface area contributed by atoms with Crippen LogP contribution in [0.1, 0.15) is 31.2 Å². The average Bonchev–Trinajstić information content (AvgIpc) is 3.28. The molecule has 3 atom stereocenters. The Kier molecular flexibility index (Phi) is 7.18. The second-order valence-corrected chi connectivity index (χ2v) is 8.51. The summed E-state index contributed by atoms with van der Waals surface area (Å²) in [6, 6.07) is 2.61. The highest BCUT2D eigenvalue weighted by molar-refractivity contribution is 7.07. The van der Waals surface area contributed by atoms with Crippen LogP contribution in [0.4, 0.5) is 13.2 Å². The first-order valence-corrected chi connectivity index (χ1v) is 10.6. The number of aliphatic carboxylic acids is 1. The molecular weight excluding hydrogens is 409 g/mol. The molecule has 2 aliphatic heterocycles. The lowest BCUT2D eigenvalue weighted by Gasteiger charge is -2.40. The molecule has 0 spiro atoms. The quantitative estimate of drug-likeness (QED) is 0.762. The van der Waals surface area contributed by atoms with E-state index in [1.807, 2.05) is 0 Å². The molecule has 1 amide bonds. The van der Waals surface area contributed by atoms with E-state index in [9.17, 15) is 18.0 Å². The summed E-state index contributed by atoms with van der Waals surface area (Å²) in [5.41, 5.74) is 1.35. The van der Waals surface area contributed by atoms with Crippen molar-refractivity contribution in [2.75, 3.05) is 19.7 Å². The zero-order valence-corrected chi connectivity index (χ0v) is 16.7. The molecule has 1 aromatic rings. The van der Waals surface area contributed by atoms with Gasteiger partial charge in [-0.15, -0.1) is 0 Å². The first-order valence-electron chi connectivity index (χ1n) is 9.69. The number of nitrogens with one attached hydrogen (secondary N) is 1. The van der Waals surface area contributed by atoms with Crippen molar-refractivity contribution in [3.05, 3.63) is 22.4 Å². The Morgan fingerprint density at radius 3 is 2.55 bits per heavy atom. The highest BCUT2D eigenvalue weighted by Crippen LogP contribution is 2.35. The van der Waals surface area contributed by atoms with Crippen LogP contribution in [0, 0.1) is 11.8 Å². The highest BCUT2D eigenvalue weighted by atomic mass is 32.1. The van der Waals surface area contributed by atoms with E-state index in [1.54, 1.807) is 11.3 Å². The van der Waals surface area contributed by atoms with Crippen LogP contribution in [0.3, 0.4) is 0 Å². The summed E-state index contributed by atoms with van der Waals surface area (Å²) < 4.78 is 37.6. The van der Waals surface area contributed by atoms with Gasteiger partial charge in [-0.1, -0.05) is 0 Å². The molecular formula is C19H25F3N2O4S. The molecule has 1 aromatic heterocycles. The van der Waals surface area contributed by atoms with Crippen molar-refractivity contribution < 1.29 is 32.6 Å². The normalized spacial score (nSPS) is 27.3. The third kappa shape index (κ3) is 5.93. The molecule has 2 N–H and O–H groups in total. The number of carboxylic acids is 1. The van der Waals surface area contributed by atoms with E-state index in [2.05, 4.69) is 27.0 Å². The molecule has 3 aliphatic rings. The fourth-order valence-electron chi connectivity index (χ4n) is 3.96. The standard InChI is InChI=1S/C17H24N2O2S.C2HF3O2/c20-17(18-13-2-1-3-13)15-9-19(8-12-5-7-22-11-12)10-16-14(15)4-6-21-16;3-2(4,5)1(6)7/h5,7,11,13-16H,1-4,6,8-10H2,(H,18,20);(H,6,7)/t14-,15+,16+;/m0./s1. The summed E-state index contributed by atoms with van der Waals surface area (Å²) in [6.07, 6.45) is -0.234. The molecule has 2 saturated heterocycles. The number of piperidine rings is 1. The smallest absolute Gasteiger partial charge is 0.475 e. The molecule has 162 valence electrons. The summed E-state index contributed by atoms with van der Waals surface area (Å²) in [5, 5.41) is 14.7. The van der Waals surface area contributed by atoms with Crippen molar-refractivity contribution in [2.45, 2.75) is 50.6 Å². The van der Waals surface area contributed by atoms with E-state index >= 15 is 0 Å². The van der Waals surface area contributed by atoms with Crippen LogP contribution in [0.5, 0.6) is 0 Å². The lowest BCUT2D eigenvalue weighted by Crippen LogP contribution is -2.54. The molecule has 1 aliphatic carbocycles. The maximum absolute atomic E-state index is 12.7. The number of amides is 1. The number of alkyl halides is 3. The Balaban J connectivity index is 0.000000298. The fraction of sp³-hybridized carbons (Fsp3) is 0.684. The summed E-state index contributed by atoms with van der Waals surface area (Å²) in [7, 11) is 0. The van der Waals surface area contributed by atoms with Gasteiger partial charge >= 0.3 is 12.1 Å². The van der Waals surface area contributed by atoms with Crippen molar-refractivity contribution in [3.8, 4) is 0 Å². The Hall–Kier alpha value is -1.65. The van der Waals surface area contributed by atoms with Gasteiger partial charge in [-0.3, -0.25) is 9.69 Å². The van der Waals surface area contributed by atoms with E-state index in [1.165, 1.54) is 12.0 Å². The number of thiophene rings is 1. The number of ether oxygens (including phenoxy) is 1. The number of carboxylic acid groups (broad SMARTS) is 1. The monoisotopic (exact) mass is 434 g/mol. The van der Waals surface area contributed by atoms with Crippen LogP contribution < -0.4 is 5.32 Å². The summed E-state index contributed by atoms with van der Waals surface area (Å²) in [6.45, 7) is 3.59. The zero-order valence-electron chi connectivity index (χ0n) is 15.9. The molecule has 0 radical (unpaired) electrons. The largest absolute Gasteiger partial charge is 0.490 e. The molecule has 3 heterocycles. The molecule has 0 aromatic carbocycles. The Labute approximate surface area is 171 Å². The molecule has 0 bridgehead atoms. The van der Waals surface area contributed by atoms with E-state index in [0.717, 1.165) is 45.5 Å². The van der Waals surface area contributed by atoms with Gasteiger partial charge in [0.25, 0.3) is 0 Å². The Bertz CT molecular complexity index is 694. The van der Waals surface area contributed by atoms with Crippen molar-refractivity contribution in [2.24, 2.45) is 11.8 Å². The topological polar surface area (TPSA) is 78.9 Å². The molecule has 10 heteroatoms. The first kappa shape index (κ1) is 22.0. The molecule has 3 fully saturated rings. The number of nitrogens with zero attached hydrogens (tertiary/aromatic N) is 1. The van der Waals surface area contributed by atoms with Gasteiger partial charge in [0.1, 0.15) is 0 Å². The van der Waals surface area contributed by atoms with Crippen LogP contribution in [-0.4, -0.2) is 59.9 Å². The minimum absolute atomic E-state index is 0.0977. The highest BCUT2D eigenvalue weighted by Gasteiger charge is 2.44. The lowest BCUT2D eigenvalue weighted by atomic mass is 9.81. The number of likely N-dealkylation sites (tertiary alicyclic amines) is 1. The van der Waals surface area contributed by atoms with Crippen LogP contribution in [0.15, 0.2) is 16.8 Å². The average molecular weight is 434 g/mol. The van der Waals surface area contributed by atoms with E-state index in [0.29, 0.717) is 12.0 Å². The van der Waals surface area contributed by atoms with E-state index < -0.39 is 12.1 Å². The van der Waals surface area contributed by atoms with Gasteiger partial charge in [-0.2, -0.15) is 24.5 Å². The van der Waals surface area contributed by atoms with Gasteiger partial charge in [0, 0.05) is 38.2 Å². The van der Waals surface area contributed by atoms with Gasteiger partial charge in [-0.05, 0) is 48.1 Å². The van der Waals surface area contributed by atoms with Crippen LogP contribution in [0.2, 0.25) is 0 Å². The van der Waals surface area contributed by atoms with Crippen molar-refractivity contribution in [1.82, 2.24) is 10.2 Å². The van der Waals surface area contributed by atoms with Crippen LogP contribution in [0.25, 0.3) is 0 Å². The number of hydrogen-bond donors (Lipinski definition) is 2. The van der Waals surface area contributed by atoms with Gasteiger partial charge in [-0.25, -0.2) is 4.79 Å². The summed E-state index contributed by atoms with van der Waals surface area (Å²) in [4.78, 5) is 24.0. The summed E-state index contributed by atoms with van der Waals surface area (Å²) in [5.74, 6) is -1.98. The minimum atomic E-state index is -5.08. The van der Waals surface area contributed by atoms with Crippen LogP contribution >= 0.6 is 11.3 Å². The van der Waals surface area contributed by atoms with Crippen molar-refractivity contribution in [3.63, 3.8) is 0 Å². The van der Waals surface area contributed by atoms with E-state index in [-0.39, 0.29) is 17.9 Å². The minimum Gasteiger partial charge on any atom is -0.475 e. The van der Waals surface area contributed by atoms with Crippen molar-refractivity contribution >= 4 is 23.2 Å². The number of fused-ring (bicyclic) bond motifs is 1. The van der Waals surface area contributed by atoms with E-state index in [4.69, 9.17) is 14.6 Å². The number of hydrogen-bond acceptors (Lipinski definition) is 5. The summed E-state index contributed by atoms with van der Waals surface area (Å²) >= 11 is 1.74. The maximum Gasteiger partial charge on any atom is 0.490 e. The van der Waals surface area contributed by atoms with Gasteiger partial charge in [0.2, 0.25) is 5.91 Å². The molecule has 0 unspecified atom stereocenters. The Morgan fingerprint density at radius 2 is 2.00 bits per heavy atom. The predicted octanol–water partition coefficient (Wildman–Crippen LogP) is 2.89. The van der Waals surface area contributed by atoms with Gasteiger partial charge in [0.15, 0.2) is 0 Å². The molecule has 29 heavy (non-hydrogen) atoms. The number of rotatable bonds is 4. The number of carbonyl (C=O) groups is 2. The number of carbonyl (C=O) groups excluding carboxylic acids is 1. The fourth-order valence-corrected chi connectivity index (χ4v) is 4.62. The maximum atomic E-state index is 12.7. The SMILES string of the molecule is O=C(NC1CCC1)[C@@H]1CN(Cc2ccsc2)C[C@H]2OCC[C@H]21.O=C(O)C(F)(F)F. The zero-order chi connectivity index (χ0) is 21.0. The first-order chi connectivity index (χ1) is 13.7. The Morgan fingerprint density at radius 1 is 1.28 bits per heavy atom. The molecule has 4 rings (SSSR count). The lowest BCUT2D eigenvalue weighted by molar-refractivity contribution is -0.192. The molecule has 1 saturated carbocycles. The second-order valence-electron chi connectivity index (χ2n) is 7.73. The number of halogens is 3. The van der Waals surface area contributed by atoms with Gasteiger partial charge in [0.05, 0.1) is 12.0 Å². The van der Waals surface area contributed by atoms with Crippen molar-refractivity contribution in [1.29, 1.82) is 0 Å².